The van der Waals surface area contributed by atoms with Gasteiger partial charge in [-0.1, -0.05) is 6.07 Å². The van der Waals surface area contributed by atoms with Crippen LogP contribution in [0.5, 0.6) is 11.5 Å². The van der Waals surface area contributed by atoms with Gasteiger partial charge in [0, 0.05) is 38.9 Å². The summed E-state index contributed by atoms with van der Waals surface area (Å²) in [6.45, 7) is 5.18. The number of rotatable bonds is 6. The van der Waals surface area contributed by atoms with Crippen LogP contribution >= 0.6 is 24.8 Å². The van der Waals surface area contributed by atoms with Crippen molar-refractivity contribution in [3.8, 4) is 11.5 Å². The van der Waals surface area contributed by atoms with E-state index in [2.05, 4.69) is 26.9 Å². The summed E-state index contributed by atoms with van der Waals surface area (Å²) in [5, 5.41) is 0. The average molecular weight is 400 g/mol. The third-order valence-electron chi connectivity index (χ3n) is 4.53. The minimum absolute atomic E-state index is 0. The van der Waals surface area contributed by atoms with Gasteiger partial charge in [-0.15, -0.1) is 24.8 Å². The number of piperazine rings is 1. The summed E-state index contributed by atoms with van der Waals surface area (Å²) >= 11 is 0. The number of hydrogen-bond donors (Lipinski definition) is 0. The molecule has 1 aromatic heterocycles. The fourth-order valence-corrected chi connectivity index (χ4v) is 3.10. The summed E-state index contributed by atoms with van der Waals surface area (Å²) in [7, 11) is 3.42. The first kappa shape index (κ1) is 22.4. The second-order valence-electron chi connectivity index (χ2n) is 5.94. The number of methoxy groups -OCH3 is 2. The molecule has 0 spiro atoms. The molecule has 0 saturated carbocycles. The number of anilines is 1. The molecule has 3 rings (SSSR count). The van der Waals surface area contributed by atoms with Gasteiger partial charge in [0.25, 0.3) is 0 Å². The van der Waals surface area contributed by atoms with E-state index in [1.807, 2.05) is 30.5 Å². The van der Waals surface area contributed by atoms with Crippen molar-refractivity contribution in [2.75, 3.05) is 51.8 Å². The maximum Gasteiger partial charge on any atom is 0.128 e. The Hall–Kier alpha value is -1.69. The molecule has 0 unspecified atom stereocenters. The SMILES string of the molecule is COc1ccc(OC)c(CCN2CCN(c3ccccn3)CC2)c1.Cl.Cl. The summed E-state index contributed by atoms with van der Waals surface area (Å²) in [6.07, 6.45) is 2.82. The van der Waals surface area contributed by atoms with E-state index in [1.54, 1.807) is 14.2 Å². The molecule has 1 aromatic carbocycles. The molecule has 0 aliphatic carbocycles. The first-order valence-corrected chi connectivity index (χ1v) is 8.39. The van der Waals surface area contributed by atoms with Gasteiger partial charge in [0.15, 0.2) is 0 Å². The van der Waals surface area contributed by atoms with Crippen molar-refractivity contribution in [1.82, 2.24) is 9.88 Å². The molecule has 26 heavy (non-hydrogen) atoms. The Morgan fingerprint density at radius 3 is 2.35 bits per heavy atom. The fraction of sp³-hybridized carbons (Fsp3) is 0.421. The minimum atomic E-state index is 0. The molecule has 0 N–H and O–H groups in total. The number of nitrogens with zero attached hydrogens (tertiary/aromatic N) is 3. The van der Waals surface area contributed by atoms with E-state index in [-0.39, 0.29) is 24.8 Å². The maximum atomic E-state index is 5.47. The largest absolute Gasteiger partial charge is 0.497 e. The van der Waals surface area contributed by atoms with Crippen LogP contribution in [0.4, 0.5) is 5.82 Å². The fourth-order valence-electron chi connectivity index (χ4n) is 3.10. The van der Waals surface area contributed by atoms with E-state index < -0.39 is 0 Å². The highest BCUT2D eigenvalue weighted by Crippen LogP contribution is 2.24. The molecule has 0 bridgehead atoms. The normalized spacial score (nSPS) is 14.2. The Balaban J connectivity index is 0.00000169. The van der Waals surface area contributed by atoms with Crippen LogP contribution in [-0.2, 0) is 6.42 Å². The molecule has 144 valence electrons. The quantitative estimate of drug-likeness (QED) is 0.744. The lowest BCUT2D eigenvalue weighted by atomic mass is 10.1. The Labute approximate surface area is 168 Å². The van der Waals surface area contributed by atoms with Crippen molar-refractivity contribution >= 4 is 30.6 Å². The second-order valence-corrected chi connectivity index (χ2v) is 5.94. The Kier molecular flexibility index (Phi) is 9.55. The summed E-state index contributed by atoms with van der Waals surface area (Å²) in [6, 6.07) is 12.1. The number of aromatic nitrogens is 1. The Morgan fingerprint density at radius 1 is 0.962 bits per heavy atom. The number of benzene rings is 1. The number of halogens is 2. The van der Waals surface area contributed by atoms with Crippen LogP contribution in [0.3, 0.4) is 0 Å². The van der Waals surface area contributed by atoms with Crippen LogP contribution < -0.4 is 14.4 Å². The van der Waals surface area contributed by atoms with E-state index in [1.165, 1.54) is 5.56 Å². The van der Waals surface area contributed by atoms with Crippen molar-refractivity contribution in [2.24, 2.45) is 0 Å². The highest BCUT2D eigenvalue weighted by molar-refractivity contribution is 5.85. The number of pyridine rings is 1. The monoisotopic (exact) mass is 399 g/mol. The average Bonchev–Trinajstić information content (AvgIpc) is 2.67. The summed E-state index contributed by atoms with van der Waals surface area (Å²) in [4.78, 5) is 9.29. The van der Waals surface area contributed by atoms with Crippen LogP contribution in [0.25, 0.3) is 0 Å². The van der Waals surface area contributed by atoms with Gasteiger partial charge in [-0.3, -0.25) is 4.90 Å². The third kappa shape index (κ3) is 5.66. The Bertz CT molecular complexity index is 650. The predicted octanol–water partition coefficient (Wildman–Crippen LogP) is 3.31. The molecular weight excluding hydrogens is 373 g/mol. The molecular formula is C19H27Cl2N3O2. The molecule has 0 atom stereocenters. The molecule has 7 heteroatoms. The standard InChI is InChI=1S/C19H25N3O2.2ClH/c1-23-17-6-7-18(24-2)16(15-17)8-10-21-11-13-22(14-12-21)19-5-3-4-9-20-19;;/h3-7,9,15H,8,10-14H2,1-2H3;2*1H. The van der Waals surface area contributed by atoms with E-state index in [0.717, 1.165) is 56.5 Å². The summed E-state index contributed by atoms with van der Waals surface area (Å²) in [5.41, 5.74) is 1.20. The molecule has 0 radical (unpaired) electrons. The zero-order chi connectivity index (χ0) is 16.8. The molecule has 5 nitrogen and oxygen atoms in total. The van der Waals surface area contributed by atoms with Crippen LogP contribution in [-0.4, -0.2) is 56.8 Å². The van der Waals surface area contributed by atoms with Crippen molar-refractivity contribution in [2.45, 2.75) is 6.42 Å². The lowest BCUT2D eigenvalue weighted by molar-refractivity contribution is 0.259. The van der Waals surface area contributed by atoms with Gasteiger partial charge in [0.05, 0.1) is 14.2 Å². The van der Waals surface area contributed by atoms with Crippen molar-refractivity contribution in [1.29, 1.82) is 0 Å². The smallest absolute Gasteiger partial charge is 0.128 e. The van der Waals surface area contributed by atoms with E-state index in [0.29, 0.717) is 0 Å². The predicted molar refractivity (Wildman–Crippen MR) is 111 cm³/mol. The van der Waals surface area contributed by atoms with Crippen molar-refractivity contribution in [3.05, 3.63) is 48.2 Å². The topological polar surface area (TPSA) is 37.8 Å². The van der Waals surface area contributed by atoms with Gasteiger partial charge in [-0.05, 0) is 42.3 Å². The molecule has 2 aromatic rings. The van der Waals surface area contributed by atoms with Gasteiger partial charge >= 0.3 is 0 Å². The Morgan fingerprint density at radius 2 is 1.73 bits per heavy atom. The van der Waals surface area contributed by atoms with Crippen LogP contribution in [0, 0.1) is 0 Å². The van der Waals surface area contributed by atoms with E-state index in [9.17, 15) is 0 Å². The van der Waals surface area contributed by atoms with Crippen LogP contribution in [0.1, 0.15) is 5.56 Å². The first-order chi connectivity index (χ1) is 11.8. The van der Waals surface area contributed by atoms with Gasteiger partial charge in [-0.25, -0.2) is 4.98 Å². The molecule has 1 fully saturated rings. The van der Waals surface area contributed by atoms with Gasteiger partial charge < -0.3 is 14.4 Å². The van der Waals surface area contributed by atoms with Gasteiger partial charge in [0.2, 0.25) is 0 Å². The molecule has 1 saturated heterocycles. The number of hydrogen-bond acceptors (Lipinski definition) is 5. The molecule has 0 amide bonds. The van der Waals surface area contributed by atoms with Crippen molar-refractivity contribution < 1.29 is 9.47 Å². The summed E-state index contributed by atoms with van der Waals surface area (Å²) < 4.78 is 10.8. The van der Waals surface area contributed by atoms with E-state index >= 15 is 0 Å². The second kappa shape index (κ2) is 11.1. The van der Waals surface area contributed by atoms with Gasteiger partial charge in [-0.2, -0.15) is 0 Å². The lowest BCUT2D eigenvalue weighted by Crippen LogP contribution is -2.47. The minimum Gasteiger partial charge on any atom is -0.497 e. The van der Waals surface area contributed by atoms with E-state index in [4.69, 9.17) is 9.47 Å². The molecule has 2 heterocycles. The van der Waals surface area contributed by atoms with Crippen LogP contribution in [0.15, 0.2) is 42.6 Å². The first-order valence-electron chi connectivity index (χ1n) is 8.39. The maximum absolute atomic E-state index is 5.47. The van der Waals surface area contributed by atoms with Crippen LogP contribution in [0.2, 0.25) is 0 Å². The van der Waals surface area contributed by atoms with Gasteiger partial charge in [0.1, 0.15) is 17.3 Å². The third-order valence-corrected chi connectivity index (χ3v) is 4.53. The summed E-state index contributed by atoms with van der Waals surface area (Å²) in [5.74, 6) is 2.89. The lowest BCUT2D eigenvalue weighted by Gasteiger charge is -2.35. The molecule has 1 aliphatic rings. The zero-order valence-electron chi connectivity index (χ0n) is 15.3. The zero-order valence-corrected chi connectivity index (χ0v) is 16.9. The molecule has 1 aliphatic heterocycles. The number of ether oxygens (including phenoxy) is 2. The van der Waals surface area contributed by atoms with Crippen molar-refractivity contribution in [3.63, 3.8) is 0 Å². The highest BCUT2D eigenvalue weighted by Gasteiger charge is 2.18. The highest BCUT2D eigenvalue weighted by atomic mass is 35.5.